The Labute approximate surface area is 817 Å². The predicted molar refractivity (Wildman–Crippen MR) is 583 cm³/mol. The standard InChI is InChI=1S/3C42H27O2PS/c46-45-36-25-13-23-32(28-15-5-1-6-16-28)38(36)43-40-34(30-19-9-3-10-20-30)27-35(31-21-11-4-12-22-31)41(42(40)45)44-39-33(24-14-26-37(39)45)29-17-7-2-8-18-29;46-45-38-23-21-32(28-13-5-1-6-14-28)25-36(38)43-40-34(30-17-9-3-10-18-30)27-35(31-19-11-4-12-20-31)41(42(40)45)44-37-26-33(22-24-39(37)45)29-15-7-2-8-16-29;46-45-38-25-32(28-13-5-1-6-14-28)21-23-36(38)43-40-34(30-17-9-3-10-18-30)27-35(31-19-11-4-12-20-31)41(42(40)45)44-37-24-22-33(26-39(37)45)29-15-7-2-8-16-29/h3*1-27H. The lowest BCUT2D eigenvalue weighted by molar-refractivity contribution is 0.468. The maximum Gasteiger partial charge on any atom is 0.148 e. The van der Waals surface area contributed by atoms with Crippen molar-refractivity contribution in [1.29, 1.82) is 0 Å². The first-order valence-corrected chi connectivity index (χ1v) is 54.5. The van der Waals surface area contributed by atoms with Crippen molar-refractivity contribution in [3.8, 4) is 203 Å². The first-order valence-electron chi connectivity index (χ1n) is 46.1. The Kier molecular flexibility index (Phi) is 21.3. The molecule has 0 fully saturated rings. The summed E-state index contributed by atoms with van der Waals surface area (Å²) in [4.78, 5) is 0. The van der Waals surface area contributed by atoms with Crippen LogP contribution in [0.3, 0.4) is 0 Å². The van der Waals surface area contributed by atoms with Crippen LogP contribution in [0.2, 0.25) is 0 Å². The fourth-order valence-corrected chi connectivity index (χ4v) is 33.7. The van der Waals surface area contributed by atoms with E-state index in [1.807, 2.05) is 72.8 Å². The van der Waals surface area contributed by atoms with E-state index in [-0.39, 0.29) is 0 Å². The van der Waals surface area contributed by atoms with Gasteiger partial charge in [-0.25, -0.2) is 0 Å². The molecule has 21 aromatic rings. The molecule has 0 amide bonds. The SMILES string of the molecule is S=P12c3cc(-c4ccccc4)ccc3Oc3c(-c4ccccc4)cc(-c4ccccc4)c(c31)Oc1ccc(-c3ccccc3)cc12.S=P12c3ccc(-c4ccccc4)cc3Oc3c(-c4ccccc4)cc(-c4ccccc4)c(c31)Oc1cc(-c3ccccc3)ccc12.S=P12c3cccc(-c4ccccc4)c3Oc3c(-c4ccccc4)cc(-c4ccccc4)c(c31)Oc1c(-c3ccccc3)cccc12. The van der Waals surface area contributed by atoms with Gasteiger partial charge in [-0.2, -0.15) is 0 Å². The van der Waals surface area contributed by atoms with Crippen molar-refractivity contribution >= 4 is 101 Å². The largest absolute Gasteiger partial charge is 0.455 e. The average molecular weight is 1880 g/mol. The number of ether oxygens (including phenoxy) is 6. The molecular formula is C126H81O6P3S3. The van der Waals surface area contributed by atoms with Crippen LogP contribution in [-0.4, -0.2) is 0 Å². The summed E-state index contributed by atoms with van der Waals surface area (Å²) in [6.07, 6.45) is 0. The minimum absolute atomic E-state index is 0.788. The van der Waals surface area contributed by atoms with E-state index in [2.05, 4.69) is 419 Å². The quantitative estimate of drug-likeness (QED) is 0.111. The summed E-state index contributed by atoms with van der Waals surface area (Å²) >= 11 is 21.3. The highest BCUT2D eigenvalue weighted by atomic mass is 32.4. The van der Waals surface area contributed by atoms with E-state index in [0.717, 1.165) is 250 Å². The van der Waals surface area contributed by atoms with E-state index < -0.39 is 18.1 Å². The lowest BCUT2D eigenvalue weighted by Gasteiger charge is -2.40. The monoisotopic (exact) mass is 1880 g/mol. The number of rotatable bonds is 12. The van der Waals surface area contributed by atoms with E-state index in [4.69, 9.17) is 63.8 Å². The van der Waals surface area contributed by atoms with E-state index >= 15 is 0 Å². The number of fused-ring (bicyclic) bond motifs is 12. The molecule has 0 N–H and O–H groups in total. The second-order valence-corrected chi connectivity index (χ2v) is 47.6. The second kappa shape index (κ2) is 34.9. The van der Waals surface area contributed by atoms with Crippen molar-refractivity contribution in [1.82, 2.24) is 0 Å². The van der Waals surface area contributed by atoms with E-state index in [9.17, 15) is 0 Å². The highest BCUT2D eigenvalue weighted by Gasteiger charge is 2.50. The lowest BCUT2D eigenvalue weighted by atomic mass is 9.96. The Morgan fingerprint density at radius 3 is 0.587 bits per heavy atom. The van der Waals surface area contributed by atoms with Crippen LogP contribution < -0.4 is 76.2 Å². The van der Waals surface area contributed by atoms with Gasteiger partial charge in [0.25, 0.3) is 0 Å². The van der Waals surface area contributed by atoms with Crippen molar-refractivity contribution in [3.05, 3.63) is 491 Å². The van der Waals surface area contributed by atoms with Crippen LogP contribution in [0, 0.1) is 0 Å². The summed E-state index contributed by atoms with van der Waals surface area (Å²) in [6.45, 7) is 0. The molecule has 0 atom stereocenters. The molecule has 21 aromatic carbocycles. The Hall–Kier alpha value is -15.6. The van der Waals surface area contributed by atoms with Gasteiger partial charge in [0.2, 0.25) is 0 Å². The van der Waals surface area contributed by atoms with E-state index in [0.29, 0.717) is 0 Å². The van der Waals surface area contributed by atoms with Gasteiger partial charge in [-0.3, -0.25) is 0 Å². The van der Waals surface area contributed by atoms with Crippen LogP contribution in [0.1, 0.15) is 0 Å². The third-order valence-electron chi connectivity index (χ3n) is 26.8. The third kappa shape index (κ3) is 14.3. The van der Waals surface area contributed by atoms with E-state index in [1.54, 1.807) is 0 Å². The maximum atomic E-state index is 7.16. The molecule has 6 aliphatic heterocycles. The van der Waals surface area contributed by atoms with Gasteiger partial charge >= 0.3 is 0 Å². The fraction of sp³-hybridized carbons (Fsp3) is 0. The molecule has 6 aliphatic rings. The first-order chi connectivity index (χ1) is 68.1. The van der Waals surface area contributed by atoms with E-state index in [1.165, 1.54) is 0 Å². The van der Waals surface area contributed by atoms with Crippen LogP contribution in [0.4, 0.5) is 0 Å². The lowest BCUT2D eigenvalue weighted by Crippen LogP contribution is -2.36. The number of benzene rings is 21. The molecule has 0 saturated heterocycles. The molecule has 0 spiro atoms. The molecule has 0 unspecified atom stereocenters. The Morgan fingerprint density at radius 1 is 0.123 bits per heavy atom. The van der Waals surface area contributed by atoms with Crippen LogP contribution >= 0.6 is 18.1 Å². The van der Waals surface area contributed by atoms with Gasteiger partial charge in [-0.05, 0) is 168 Å². The van der Waals surface area contributed by atoms with Gasteiger partial charge in [0.05, 0.1) is 34.0 Å². The van der Waals surface area contributed by atoms with Crippen LogP contribution in [0.25, 0.3) is 134 Å². The molecule has 0 bridgehead atoms. The van der Waals surface area contributed by atoms with Crippen molar-refractivity contribution < 1.29 is 28.4 Å². The van der Waals surface area contributed by atoms with Crippen molar-refractivity contribution in [2.45, 2.75) is 0 Å². The molecule has 0 saturated carbocycles. The van der Waals surface area contributed by atoms with Gasteiger partial charge in [-0.15, -0.1) is 0 Å². The molecule has 6 heterocycles. The summed E-state index contributed by atoms with van der Waals surface area (Å²) in [6, 6.07) is 163. The molecule has 6 nitrogen and oxygen atoms in total. The van der Waals surface area contributed by atoms with Crippen LogP contribution in [0.15, 0.2) is 491 Å². The highest BCUT2D eigenvalue weighted by Crippen LogP contribution is 2.68. The van der Waals surface area contributed by atoms with Crippen molar-refractivity contribution in [3.63, 3.8) is 0 Å². The molecule has 0 aromatic heterocycles. The zero-order chi connectivity index (χ0) is 92.0. The summed E-state index contributed by atoms with van der Waals surface area (Å²) in [5.74, 6) is 9.65. The fourth-order valence-electron chi connectivity index (χ4n) is 20.2. The molecular weight excluding hydrogens is 1800 g/mol. The molecule has 138 heavy (non-hydrogen) atoms. The van der Waals surface area contributed by atoms with Crippen LogP contribution in [-0.2, 0) is 35.4 Å². The van der Waals surface area contributed by atoms with Gasteiger partial charge in [0, 0.05) is 76.3 Å². The van der Waals surface area contributed by atoms with Gasteiger partial charge in [-0.1, -0.05) is 448 Å². The topological polar surface area (TPSA) is 55.4 Å². The minimum Gasteiger partial charge on any atom is -0.455 e. The predicted octanol–water partition coefficient (Wildman–Crippen LogP) is 31.0. The molecule has 0 radical (unpaired) electrons. The summed E-state index contributed by atoms with van der Waals surface area (Å²) in [5.41, 5.74) is 25.8. The Balaban J connectivity index is 0.000000110. The normalized spacial score (nSPS) is 13.4. The smallest absolute Gasteiger partial charge is 0.148 e. The molecule has 0 aliphatic carbocycles. The summed E-state index contributed by atoms with van der Waals surface area (Å²) < 4.78 is 42.3. The Morgan fingerprint density at radius 2 is 0.326 bits per heavy atom. The summed E-state index contributed by atoms with van der Waals surface area (Å²) in [5, 5.41) is 9.27. The number of hydrogen-bond donors (Lipinski definition) is 0. The zero-order valence-electron chi connectivity index (χ0n) is 74.3. The average Bonchev–Trinajstić information content (AvgIpc) is 0.628. The van der Waals surface area contributed by atoms with Crippen molar-refractivity contribution in [2.75, 3.05) is 0 Å². The van der Waals surface area contributed by atoms with Gasteiger partial charge in [0.1, 0.15) is 69.0 Å². The van der Waals surface area contributed by atoms with Gasteiger partial charge in [0.15, 0.2) is 0 Å². The Bertz CT molecular complexity index is 8050. The number of para-hydroxylation sites is 2. The minimum atomic E-state index is -2.72. The number of hydrogen-bond acceptors (Lipinski definition) is 9. The third-order valence-corrected chi connectivity index (χ3v) is 41.3. The first kappa shape index (κ1) is 84.1. The molecule has 12 heteroatoms. The van der Waals surface area contributed by atoms with Crippen molar-refractivity contribution in [2.24, 2.45) is 0 Å². The molecule has 27 rings (SSSR count). The van der Waals surface area contributed by atoms with Crippen LogP contribution in [0.5, 0.6) is 69.0 Å². The van der Waals surface area contributed by atoms with Gasteiger partial charge < -0.3 is 28.4 Å². The second-order valence-electron chi connectivity index (χ2n) is 34.8. The maximum absolute atomic E-state index is 7.16. The molecule has 654 valence electrons. The summed E-state index contributed by atoms with van der Waals surface area (Å²) in [7, 11) is 0. The highest BCUT2D eigenvalue weighted by molar-refractivity contribution is 8.27. The zero-order valence-corrected chi connectivity index (χ0v) is 79.4.